The van der Waals surface area contributed by atoms with Gasteiger partial charge in [-0.2, -0.15) is 23.5 Å². The number of aryl methyl sites for hydroxylation is 1. The maximum atomic E-state index is 13.9. The maximum Gasteiger partial charge on any atom is 0.435 e. The summed E-state index contributed by atoms with van der Waals surface area (Å²) in [4.78, 5) is 16.1. The number of aromatic nitrogens is 2. The summed E-state index contributed by atoms with van der Waals surface area (Å²) in [7, 11) is 0. The van der Waals surface area contributed by atoms with Gasteiger partial charge >= 0.3 is 6.18 Å². The van der Waals surface area contributed by atoms with E-state index in [0.29, 0.717) is 35.6 Å². The van der Waals surface area contributed by atoms with Crippen LogP contribution in [0.15, 0.2) is 48.7 Å². The summed E-state index contributed by atoms with van der Waals surface area (Å²) in [5.41, 5.74) is 1.08. The van der Waals surface area contributed by atoms with Crippen LogP contribution in [0.4, 0.5) is 13.2 Å². The number of amides is 1. The first-order chi connectivity index (χ1) is 17.3. The average molecular weight is 513 g/mol. The summed E-state index contributed by atoms with van der Waals surface area (Å²) in [6.45, 7) is 4.82. The van der Waals surface area contributed by atoms with Gasteiger partial charge in [-0.05, 0) is 42.2 Å². The molecule has 0 unspecified atom stereocenters. The van der Waals surface area contributed by atoms with Gasteiger partial charge in [-0.25, -0.2) is 0 Å². The van der Waals surface area contributed by atoms with E-state index < -0.39 is 11.9 Å². The highest BCUT2D eigenvalue weighted by molar-refractivity contribution is 7.12. The molecular formula is C27H27F3N4OS. The van der Waals surface area contributed by atoms with Gasteiger partial charge in [0.2, 0.25) is 5.91 Å². The molecule has 3 heterocycles. The Labute approximate surface area is 212 Å². The molecule has 1 aliphatic heterocycles. The Morgan fingerprint density at radius 3 is 2.72 bits per heavy atom. The molecule has 0 saturated heterocycles. The Balaban J connectivity index is 1.80. The topological polar surface area (TPSA) is 61.9 Å². The van der Waals surface area contributed by atoms with Crippen molar-refractivity contribution in [3.8, 4) is 17.2 Å². The van der Waals surface area contributed by atoms with Crippen LogP contribution in [0.5, 0.6) is 0 Å². The van der Waals surface area contributed by atoms with E-state index in [9.17, 15) is 23.2 Å². The van der Waals surface area contributed by atoms with Gasteiger partial charge in [0.05, 0.1) is 6.54 Å². The Hall–Kier alpha value is -3.38. The monoisotopic (exact) mass is 512 g/mol. The largest absolute Gasteiger partial charge is 0.435 e. The zero-order chi connectivity index (χ0) is 25.9. The molecule has 0 saturated carbocycles. The molecule has 5 nitrogen and oxygen atoms in total. The lowest BCUT2D eigenvalue weighted by Crippen LogP contribution is -2.37. The molecule has 36 heavy (non-hydrogen) atoms. The fourth-order valence-corrected chi connectivity index (χ4v) is 5.59. The molecule has 0 fully saturated rings. The van der Waals surface area contributed by atoms with Crippen LogP contribution in [0, 0.1) is 11.3 Å². The summed E-state index contributed by atoms with van der Waals surface area (Å²) in [5, 5.41) is 13.3. The third-order valence-corrected chi connectivity index (χ3v) is 7.38. The first-order valence-electron chi connectivity index (χ1n) is 12.0. The van der Waals surface area contributed by atoms with E-state index in [2.05, 4.69) is 18.1 Å². The molecule has 1 aromatic carbocycles. The number of hydrogen-bond acceptors (Lipinski definition) is 4. The first-order valence-corrected chi connectivity index (χ1v) is 12.8. The number of carbonyl (C=O) groups excluding carboxylic acids is 1. The number of carbonyl (C=O) groups is 1. The van der Waals surface area contributed by atoms with E-state index in [0.717, 1.165) is 29.7 Å². The Kier molecular flexibility index (Phi) is 7.65. The normalized spacial score (nSPS) is 15.8. The minimum atomic E-state index is -4.61. The van der Waals surface area contributed by atoms with Crippen molar-refractivity contribution in [3.63, 3.8) is 0 Å². The number of halogens is 3. The second kappa shape index (κ2) is 10.7. The van der Waals surface area contributed by atoms with Gasteiger partial charge in [-0.15, -0.1) is 11.3 Å². The molecule has 0 spiro atoms. The highest BCUT2D eigenvalue weighted by atomic mass is 32.1. The van der Waals surface area contributed by atoms with E-state index in [1.807, 2.05) is 12.1 Å². The van der Waals surface area contributed by atoms with Crippen molar-refractivity contribution in [1.82, 2.24) is 14.7 Å². The van der Waals surface area contributed by atoms with Gasteiger partial charge in [0.25, 0.3) is 0 Å². The Bertz CT molecular complexity index is 1320. The predicted molar refractivity (Wildman–Crippen MR) is 133 cm³/mol. The molecule has 0 N–H and O–H groups in total. The van der Waals surface area contributed by atoms with Crippen LogP contribution in [0.3, 0.4) is 0 Å². The Morgan fingerprint density at radius 1 is 1.25 bits per heavy atom. The zero-order valence-corrected chi connectivity index (χ0v) is 21.0. The lowest BCUT2D eigenvalue weighted by molar-refractivity contribution is -0.141. The van der Waals surface area contributed by atoms with Crippen molar-refractivity contribution in [2.24, 2.45) is 0 Å². The first kappa shape index (κ1) is 25.7. The van der Waals surface area contributed by atoms with E-state index in [1.165, 1.54) is 22.2 Å². The predicted octanol–water partition coefficient (Wildman–Crippen LogP) is 6.74. The second-order valence-electron chi connectivity index (χ2n) is 8.75. The van der Waals surface area contributed by atoms with Gasteiger partial charge in [0.1, 0.15) is 10.9 Å². The molecule has 188 valence electrons. The van der Waals surface area contributed by atoms with E-state index in [1.54, 1.807) is 42.2 Å². The van der Waals surface area contributed by atoms with Crippen LogP contribution >= 0.6 is 11.3 Å². The van der Waals surface area contributed by atoms with Crippen molar-refractivity contribution in [1.29, 1.82) is 5.26 Å². The van der Waals surface area contributed by atoms with Gasteiger partial charge in [-0.1, -0.05) is 50.1 Å². The lowest BCUT2D eigenvalue weighted by Gasteiger charge is -2.33. The minimum Gasteiger partial charge on any atom is -0.333 e. The van der Waals surface area contributed by atoms with Gasteiger partial charge in [-0.3, -0.25) is 9.48 Å². The number of nitriles is 1. The fraction of sp³-hybridized carbons (Fsp3) is 0.370. The van der Waals surface area contributed by atoms with Crippen molar-refractivity contribution < 1.29 is 18.0 Å². The fourth-order valence-electron chi connectivity index (χ4n) is 4.55. The molecular weight excluding hydrogens is 485 g/mol. The van der Waals surface area contributed by atoms with Gasteiger partial charge in [0, 0.05) is 35.6 Å². The number of fused-ring (bicyclic) bond motifs is 1. The number of thiophene rings is 1. The third kappa shape index (κ3) is 5.24. The number of unbranched alkanes of at least 4 members (excludes halogenated alkanes) is 2. The highest BCUT2D eigenvalue weighted by Crippen LogP contribution is 2.44. The summed E-state index contributed by atoms with van der Waals surface area (Å²) < 4.78 is 43.0. The van der Waals surface area contributed by atoms with Gasteiger partial charge in [0.15, 0.2) is 5.69 Å². The molecule has 0 radical (unpaired) electrons. The summed E-state index contributed by atoms with van der Waals surface area (Å²) in [5.74, 6) is -0.511. The molecule has 3 aromatic rings. The number of nitrogens with zero attached hydrogens (tertiary/aromatic N) is 4. The third-order valence-electron chi connectivity index (χ3n) is 6.34. The number of rotatable bonds is 7. The summed E-state index contributed by atoms with van der Waals surface area (Å²) >= 11 is 1.33. The second-order valence-corrected chi connectivity index (χ2v) is 9.89. The minimum absolute atomic E-state index is 0.0140. The van der Waals surface area contributed by atoms with Crippen LogP contribution in [0.2, 0.25) is 0 Å². The van der Waals surface area contributed by atoms with Gasteiger partial charge < -0.3 is 4.90 Å². The van der Waals surface area contributed by atoms with E-state index >= 15 is 0 Å². The maximum absolute atomic E-state index is 13.9. The van der Waals surface area contributed by atoms with E-state index in [-0.39, 0.29) is 17.4 Å². The molecule has 1 amide bonds. The molecule has 1 atom stereocenters. The average Bonchev–Trinajstić information content (AvgIpc) is 3.50. The van der Waals surface area contributed by atoms with Crippen molar-refractivity contribution in [3.05, 3.63) is 75.3 Å². The van der Waals surface area contributed by atoms with Crippen LogP contribution in [0.25, 0.3) is 11.1 Å². The standard InChI is InChI=1S/C27H27F3N4OS/c1-3-5-6-7-12-25(35)33-15-22(21-13-18(14-31)36-24(21)17-33)19-10-8-9-11-20(19)23-16-34(4-2)32-26(23)27(28,29)30/h7-13,16,22H,3-6,15,17H2,1-2H3/b12-7+/t22-/m0/s1. The van der Waals surface area contributed by atoms with Crippen LogP contribution in [-0.2, 0) is 24.1 Å². The summed E-state index contributed by atoms with van der Waals surface area (Å²) in [6.07, 6.45) is 3.11. The molecule has 9 heteroatoms. The molecule has 0 bridgehead atoms. The quantitative estimate of drug-likeness (QED) is 0.260. The highest BCUT2D eigenvalue weighted by Gasteiger charge is 2.39. The van der Waals surface area contributed by atoms with E-state index in [4.69, 9.17) is 0 Å². The van der Waals surface area contributed by atoms with Crippen molar-refractivity contribution in [2.75, 3.05) is 6.54 Å². The Morgan fingerprint density at radius 2 is 2.03 bits per heavy atom. The van der Waals surface area contributed by atoms with Crippen molar-refractivity contribution >= 4 is 17.2 Å². The number of allylic oxidation sites excluding steroid dienone is 1. The summed E-state index contributed by atoms with van der Waals surface area (Å²) in [6, 6.07) is 11.0. The van der Waals surface area contributed by atoms with Crippen LogP contribution in [-0.4, -0.2) is 27.1 Å². The van der Waals surface area contributed by atoms with Crippen molar-refractivity contribution in [2.45, 2.75) is 58.3 Å². The molecule has 4 rings (SSSR count). The SMILES string of the molecule is CCCC/C=C/C(=O)N1Cc2sc(C#N)cc2[C@H](c2ccccc2-c2cn(CC)nc2C(F)(F)F)C1. The molecule has 1 aliphatic rings. The number of hydrogen-bond donors (Lipinski definition) is 0. The van der Waals surface area contributed by atoms with Crippen LogP contribution < -0.4 is 0 Å². The zero-order valence-electron chi connectivity index (χ0n) is 20.2. The smallest absolute Gasteiger partial charge is 0.333 e. The number of alkyl halides is 3. The van der Waals surface area contributed by atoms with Crippen LogP contribution in [0.1, 0.15) is 65.6 Å². The number of benzene rings is 1. The molecule has 2 aromatic heterocycles. The molecule has 0 aliphatic carbocycles. The lowest BCUT2D eigenvalue weighted by atomic mass is 9.83.